The summed E-state index contributed by atoms with van der Waals surface area (Å²) < 4.78 is 1.22. The number of nitrogens with zero attached hydrogens (tertiary/aromatic N) is 2. The van der Waals surface area contributed by atoms with Gasteiger partial charge in [0, 0.05) is 22.0 Å². The van der Waals surface area contributed by atoms with E-state index in [0.717, 1.165) is 11.1 Å². The van der Waals surface area contributed by atoms with Crippen LogP contribution in [0.1, 0.15) is 18.1 Å². The minimum atomic E-state index is 0.0500. The molecule has 5 nitrogen and oxygen atoms in total. The highest BCUT2D eigenvalue weighted by Gasteiger charge is 2.04. The average Bonchev–Trinajstić information content (AvgIpc) is 3.05. The minimum Gasteiger partial charge on any atom is -0.387 e. The molecule has 0 aliphatic rings. The Bertz CT molecular complexity index is 1050. The van der Waals surface area contributed by atoms with E-state index in [4.69, 9.17) is 17.2 Å². The first kappa shape index (κ1) is 18.4. The number of amidine groups is 1. The van der Waals surface area contributed by atoms with E-state index in [2.05, 4.69) is 52.4 Å². The number of hydrogen-bond acceptors (Lipinski definition) is 3. The smallest absolute Gasteiger partial charge is 0.190 e. The third-order valence-electron chi connectivity index (χ3n) is 3.78. The van der Waals surface area contributed by atoms with Gasteiger partial charge in [0.15, 0.2) is 5.96 Å². The van der Waals surface area contributed by atoms with Crippen LogP contribution in [0.25, 0.3) is 32.7 Å². The van der Waals surface area contributed by atoms with Crippen LogP contribution in [0, 0.1) is 0 Å². The summed E-state index contributed by atoms with van der Waals surface area (Å²) in [6.07, 6.45) is 7.13. The second kappa shape index (κ2) is 8.33. The monoisotopic (exact) mass is 375 g/mol. The van der Waals surface area contributed by atoms with E-state index in [1.807, 2.05) is 18.2 Å². The molecule has 0 spiro atoms. The Morgan fingerprint density at radius 3 is 2.22 bits per heavy atom. The second-order valence-electron chi connectivity index (χ2n) is 5.99. The Morgan fingerprint density at radius 2 is 1.52 bits per heavy atom. The van der Waals surface area contributed by atoms with E-state index in [-0.39, 0.29) is 5.96 Å². The number of hydrogen-bond donors (Lipinski definition) is 3. The van der Waals surface area contributed by atoms with Crippen LogP contribution in [-0.4, -0.2) is 11.8 Å². The zero-order valence-electron chi connectivity index (χ0n) is 15.0. The number of benzene rings is 2. The molecular weight excluding hydrogens is 354 g/mol. The predicted octanol–water partition coefficient (Wildman–Crippen LogP) is 4.16. The van der Waals surface area contributed by atoms with Crippen LogP contribution < -0.4 is 17.2 Å². The Balaban J connectivity index is 1.82. The average molecular weight is 376 g/mol. The molecule has 0 amide bonds. The van der Waals surface area contributed by atoms with E-state index in [1.165, 1.54) is 20.5 Å². The van der Waals surface area contributed by atoms with Gasteiger partial charge in [-0.2, -0.15) is 0 Å². The number of rotatable bonds is 5. The van der Waals surface area contributed by atoms with Gasteiger partial charge in [-0.3, -0.25) is 0 Å². The number of nitrogens with two attached hydrogens (primary N) is 3. The number of fused-ring (bicyclic) bond motifs is 1. The van der Waals surface area contributed by atoms with Gasteiger partial charge in [0.1, 0.15) is 0 Å². The van der Waals surface area contributed by atoms with Crippen LogP contribution >= 0.6 is 11.3 Å². The third-order valence-corrected chi connectivity index (χ3v) is 4.92. The molecule has 6 N–H and O–H groups in total. The Morgan fingerprint density at radius 1 is 0.852 bits per heavy atom. The van der Waals surface area contributed by atoms with Gasteiger partial charge in [0.25, 0.3) is 0 Å². The molecule has 0 aliphatic carbocycles. The van der Waals surface area contributed by atoms with Gasteiger partial charge >= 0.3 is 0 Å². The van der Waals surface area contributed by atoms with E-state index in [9.17, 15) is 0 Å². The summed E-state index contributed by atoms with van der Waals surface area (Å²) in [5.41, 5.74) is 19.5. The lowest BCUT2D eigenvalue weighted by atomic mass is 10.1. The normalized spacial score (nSPS) is 12.3. The summed E-state index contributed by atoms with van der Waals surface area (Å²) in [6.45, 7) is 1.76. The van der Waals surface area contributed by atoms with Crippen LogP contribution in [0.4, 0.5) is 0 Å². The van der Waals surface area contributed by atoms with Crippen molar-refractivity contribution in [1.29, 1.82) is 0 Å². The van der Waals surface area contributed by atoms with Crippen molar-refractivity contribution in [2.24, 2.45) is 27.2 Å². The van der Waals surface area contributed by atoms with Gasteiger partial charge in [-0.15, -0.1) is 11.3 Å². The lowest BCUT2D eigenvalue weighted by molar-refractivity contribution is 1.44. The van der Waals surface area contributed by atoms with E-state index in [1.54, 1.807) is 30.7 Å². The fourth-order valence-corrected chi connectivity index (χ4v) is 3.62. The maximum absolute atomic E-state index is 5.52. The quantitative estimate of drug-likeness (QED) is 0.461. The molecule has 27 heavy (non-hydrogen) atoms. The van der Waals surface area contributed by atoms with Crippen molar-refractivity contribution in [1.82, 2.24) is 0 Å². The van der Waals surface area contributed by atoms with Crippen molar-refractivity contribution < 1.29 is 0 Å². The van der Waals surface area contributed by atoms with Crippen molar-refractivity contribution in [2.45, 2.75) is 6.92 Å². The summed E-state index contributed by atoms with van der Waals surface area (Å²) in [5, 5.41) is 1.21. The van der Waals surface area contributed by atoms with Crippen molar-refractivity contribution in [3.05, 3.63) is 72.1 Å². The number of aliphatic imine (C=N–C) groups is 2. The molecule has 3 rings (SSSR count). The largest absolute Gasteiger partial charge is 0.387 e. The molecule has 0 unspecified atom stereocenters. The fourth-order valence-electron chi connectivity index (χ4n) is 2.50. The van der Waals surface area contributed by atoms with Crippen molar-refractivity contribution in [3.8, 4) is 10.4 Å². The van der Waals surface area contributed by atoms with Gasteiger partial charge < -0.3 is 17.2 Å². The van der Waals surface area contributed by atoms with E-state index < -0.39 is 0 Å². The number of thiophene rings is 1. The Kier molecular flexibility index (Phi) is 5.68. The highest BCUT2D eigenvalue weighted by molar-refractivity contribution is 7.22. The number of guanidine groups is 1. The maximum atomic E-state index is 5.52. The molecule has 0 fully saturated rings. The molecule has 1 aromatic heterocycles. The van der Waals surface area contributed by atoms with Crippen molar-refractivity contribution >= 4 is 45.4 Å². The minimum absolute atomic E-state index is 0.0500. The van der Waals surface area contributed by atoms with Gasteiger partial charge in [0.2, 0.25) is 0 Å². The van der Waals surface area contributed by atoms with E-state index in [0.29, 0.717) is 5.84 Å². The first-order valence-corrected chi connectivity index (χ1v) is 9.19. The van der Waals surface area contributed by atoms with Crippen LogP contribution in [-0.2, 0) is 0 Å². The van der Waals surface area contributed by atoms with Crippen molar-refractivity contribution in [3.63, 3.8) is 0 Å². The summed E-state index contributed by atoms with van der Waals surface area (Å²) in [6, 6.07) is 16.9. The Labute approximate surface area is 162 Å². The highest BCUT2D eigenvalue weighted by Crippen LogP contribution is 2.34. The van der Waals surface area contributed by atoms with Crippen LogP contribution in [0.2, 0.25) is 0 Å². The lowest BCUT2D eigenvalue weighted by Crippen LogP contribution is -2.21. The highest BCUT2D eigenvalue weighted by atomic mass is 32.1. The second-order valence-corrected chi connectivity index (χ2v) is 7.07. The van der Waals surface area contributed by atoms with Gasteiger partial charge in [-0.05, 0) is 53.3 Å². The van der Waals surface area contributed by atoms with Gasteiger partial charge in [-0.1, -0.05) is 36.4 Å². The summed E-state index contributed by atoms with van der Waals surface area (Å²) in [7, 11) is 0. The molecule has 3 aromatic rings. The van der Waals surface area contributed by atoms with Gasteiger partial charge in [-0.25, -0.2) is 9.98 Å². The predicted molar refractivity (Wildman–Crippen MR) is 118 cm³/mol. The topological polar surface area (TPSA) is 103 Å². The first-order valence-electron chi connectivity index (χ1n) is 8.37. The lowest BCUT2D eigenvalue weighted by Gasteiger charge is -1.98. The SMILES string of the molecule is CC(N)=N/C=C/c1ccc(-c2cc3ccc(/C=C/N=C(N)N)cc3s2)cc1. The molecule has 136 valence electrons. The summed E-state index contributed by atoms with van der Waals surface area (Å²) in [5.74, 6) is 0.592. The summed E-state index contributed by atoms with van der Waals surface area (Å²) in [4.78, 5) is 9.15. The third kappa shape index (κ3) is 5.05. The first-order chi connectivity index (χ1) is 13.0. The van der Waals surface area contributed by atoms with Crippen LogP contribution in [0.15, 0.2) is 70.9 Å². The molecule has 0 bridgehead atoms. The van der Waals surface area contributed by atoms with Crippen LogP contribution in [0.3, 0.4) is 0 Å². The fraction of sp³-hybridized carbons (Fsp3) is 0.0476. The summed E-state index contributed by atoms with van der Waals surface area (Å²) >= 11 is 1.76. The molecule has 1 heterocycles. The van der Waals surface area contributed by atoms with Crippen LogP contribution in [0.5, 0.6) is 0 Å². The molecule has 0 saturated carbocycles. The molecule has 2 aromatic carbocycles. The van der Waals surface area contributed by atoms with Gasteiger partial charge in [0.05, 0.1) is 5.84 Å². The van der Waals surface area contributed by atoms with Crippen molar-refractivity contribution in [2.75, 3.05) is 0 Å². The standard InChI is InChI=1S/C21H21N5S/c1-14(22)25-10-8-15-2-5-17(6-3-15)20-13-18-7-4-16(12-19(18)27-20)9-11-26-21(23)24/h2-13H,1H3,(H2,22,25)(H4,23,24,26)/b10-8+,11-9+. The molecule has 0 saturated heterocycles. The Hall–Kier alpha value is -3.38. The molecule has 0 atom stereocenters. The molecule has 0 radical (unpaired) electrons. The van der Waals surface area contributed by atoms with E-state index >= 15 is 0 Å². The molecular formula is C21H21N5S. The zero-order chi connectivity index (χ0) is 19.2. The zero-order valence-corrected chi connectivity index (χ0v) is 15.8. The molecule has 0 aliphatic heterocycles. The molecule has 6 heteroatoms. The maximum Gasteiger partial charge on any atom is 0.190 e.